The van der Waals surface area contributed by atoms with Gasteiger partial charge in [-0.3, -0.25) is 4.90 Å². The fourth-order valence-electron chi connectivity index (χ4n) is 3.07. The van der Waals surface area contributed by atoms with Crippen LogP contribution in [0.2, 0.25) is 5.02 Å². The molecule has 1 aliphatic heterocycles. The van der Waals surface area contributed by atoms with Gasteiger partial charge in [0.2, 0.25) is 0 Å². The van der Waals surface area contributed by atoms with E-state index in [1.807, 2.05) is 0 Å². The van der Waals surface area contributed by atoms with E-state index in [2.05, 4.69) is 0 Å². The molecule has 0 radical (unpaired) electrons. The summed E-state index contributed by atoms with van der Waals surface area (Å²) < 4.78 is 45.7. The largest absolute Gasteiger partial charge is 0.444 e. The zero-order valence-corrected chi connectivity index (χ0v) is 15.9. The third kappa shape index (κ3) is 4.21. The van der Waals surface area contributed by atoms with E-state index in [4.69, 9.17) is 16.3 Å². The molecule has 144 valence electrons. The first-order valence-corrected chi connectivity index (χ1v) is 8.79. The second-order valence-electron chi connectivity index (χ2n) is 7.48. The van der Waals surface area contributed by atoms with Gasteiger partial charge in [0.15, 0.2) is 0 Å². The number of alkyl halides is 3. The second kappa shape index (κ2) is 6.75. The lowest BCUT2D eigenvalue weighted by molar-refractivity contribution is -0.137. The van der Waals surface area contributed by atoms with Gasteiger partial charge in [-0.25, -0.2) is 4.79 Å². The molecular formula is C20H19ClF3NO2. The minimum atomic E-state index is -4.56. The molecular weight excluding hydrogens is 379 g/mol. The van der Waals surface area contributed by atoms with Crippen molar-refractivity contribution >= 4 is 17.7 Å². The molecule has 0 aliphatic carbocycles. The molecule has 0 bridgehead atoms. The predicted molar refractivity (Wildman–Crippen MR) is 97.4 cm³/mol. The number of carbonyl (C=O) groups excluding carboxylic acids is 1. The number of nitrogens with zero attached hydrogens (tertiary/aromatic N) is 1. The summed E-state index contributed by atoms with van der Waals surface area (Å²) in [5, 5.41) is -0.337. The van der Waals surface area contributed by atoms with Crippen molar-refractivity contribution in [3.8, 4) is 11.1 Å². The summed E-state index contributed by atoms with van der Waals surface area (Å²) in [6.07, 6.45) is -5.01. The van der Waals surface area contributed by atoms with E-state index in [0.29, 0.717) is 18.7 Å². The summed E-state index contributed by atoms with van der Waals surface area (Å²) in [7, 11) is 0. The Hall–Kier alpha value is -2.21. The number of hydrogen-bond donors (Lipinski definition) is 0. The number of ether oxygens (including phenoxy) is 1. The molecule has 0 saturated heterocycles. The van der Waals surface area contributed by atoms with E-state index < -0.39 is 23.4 Å². The van der Waals surface area contributed by atoms with Crippen molar-refractivity contribution in [1.82, 2.24) is 4.90 Å². The number of fused-ring (bicyclic) bond motifs is 1. The first-order chi connectivity index (χ1) is 12.5. The van der Waals surface area contributed by atoms with Crippen LogP contribution in [0.3, 0.4) is 0 Å². The van der Waals surface area contributed by atoms with Crippen LogP contribution in [-0.4, -0.2) is 16.6 Å². The maximum Gasteiger partial charge on any atom is 0.418 e. The van der Waals surface area contributed by atoms with Gasteiger partial charge in [0, 0.05) is 13.1 Å². The first-order valence-electron chi connectivity index (χ1n) is 8.41. The Kier molecular flexibility index (Phi) is 4.89. The lowest BCUT2D eigenvalue weighted by Gasteiger charge is -2.24. The quantitative estimate of drug-likeness (QED) is 0.567. The van der Waals surface area contributed by atoms with Gasteiger partial charge in [0.1, 0.15) is 5.60 Å². The third-order valence-corrected chi connectivity index (χ3v) is 4.50. The lowest BCUT2D eigenvalue weighted by Crippen LogP contribution is -2.33. The maximum absolute atomic E-state index is 13.4. The maximum atomic E-state index is 13.4. The Morgan fingerprint density at radius 3 is 2.37 bits per heavy atom. The van der Waals surface area contributed by atoms with Crippen molar-refractivity contribution in [1.29, 1.82) is 0 Å². The molecule has 0 fully saturated rings. The van der Waals surface area contributed by atoms with E-state index in [9.17, 15) is 18.0 Å². The number of rotatable bonds is 1. The first kappa shape index (κ1) is 19.5. The van der Waals surface area contributed by atoms with Crippen molar-refractivity contribution in [2.75, 3.05) is 0 Å². The van der Waals surface area contributed by atoms with Crippen LogP contribution in [0.1, 0.15) is 37.5 Å². The fraction of sp³-hybridized carbons (Fsp3) is 0.350. The topological polar surface area (TPSA) is 29.5 Å². The average Bonchev–Trinajstić information content (AvgIpc) is 2.95. The number of hydrogen-bond acceptors (Lipinski definition) is 2. The highest BCUT2D eigenvalue weighted by atomic mass is 35.5. The molecule has 0 atom stereocenters. The number of carbonyl (C=O) groups is 1. The molecule has 7 heteroatoms. The van der Waals surface area contributed by atoms with Crippen LogP contribution < -0.4 is 0 Å². The number of amides is 1. The molecule has 27 heavy (non-hydrogen) atoms. The summed E-state index contributed by atoms with van der Waals surface area (Å²) in [4.78, 5) is 13.8. The van der Waals surface area contributed by atoms with Crippen molar-refractivity contribution < 1.29 is 22.7 Å². The Bertz CT molecular complexity index is 888. The standard InChI is InChI=1S/C20H19ClF3NO2/c1-19(2,3)27-18(26)25-10-13-8-7-12(9-14(13)11-25)15-5-4-6-16(21)17(15)20(22,23)24/h4-9H,10-11H2,1-3H3. The van der Waals surface area contributed by atoms with Crippen LogP contribution in [0.15, 0.2) is 36.4 Å². The molecule has 1 aliphatic rings. The van der Waals surface area contributed by atoms with Crippen LogP contribution in [-0.2, 0) is 24.0 Å². The Morgan fingerprint density at radius 2 is 1.74 bits per heavy atom. The Morgan fingerprint density at radius 1 is 1.07 bits per heavy atom. The molecule has 3 nitrogen and oxygen atoms in total. The van der Waals surface area contributed by atoms with Gasteiger partial charge in [0.25, 0.3) is 0 Å². The van der Waals surface area contributed by atoms with Crippen LogP contribution in [0.4, 0.5) is 18.0 Å². The minimum absolute atomic E-state index is 0.0218. The summed E-state index contributed by atoms with van der Waals surface area (Å²) in [6, 6.07) is 9.17. The molecule has 0 aromatic heterocycles. The SMILES string of the molecule is CC(C)(C)OC(=O)N1Cc2ccc(-c3cccc(Cl)c3C(F)(F)F)cc2C1. The van der Waals surface area contributed by atoms with Crippen LogP contribution in [0.5, 0.6) is 0 Å². The highest BCUT2D eigenvalue weighted by Crippen LogP contribution is 2.42. The Labute approximate surface area is 160 Å². The highest BCUT2D eigenvalue weighted by molar-refractivity contribution is 6.31. The van der Waals surface area contributed by atoms with Crippen molar-refractivity contribution in [2.24, 2.45) is 0 Å². The van der Waals surface area contributed by atoms with Gasteiger partial charge in [-0.05, 0) is 55.2 Å². The van der Waals surface area contributed by atoms with Crippen LogP contribution >= 0.6 is 11.6 Å². The van der Waals surface area contributed by atoms with Crippen LogP contribution in [0.25, 0.3) is 11.1 Å². The zero-order chi connectivity index (χ0) is 20.0. The lowest BCUT2D eigenvalue weighted by atomic mass is 9.96. The van der Waals surface area contributed by atoms with Gasteiger partial charge in [-0.1, -0.05) is 35.9 Å². The van der Waals surface area contributed by atoms with E-state index in [1.165, 1.54) is 23.1 Å². The van der Waals surface area contributed by atoms with Gasteiger partial charge in [-0.15, -0.1) is 0 Å². The summed E-state index contributed by atoms with van der Waals surface area (Å²) in [5.41, 5.74) is 0.655. The van der Waals surface area contributed by atoms with Crippen molar-refractivity contribution in [2.45, 2.75) is 45.6 Å². The Balaban J connectivity index is 1.92. The molecule has 1 amide bonds. The van der Waals surface area contributed by atoms with Crippen LogP contribution in [0, 0.1) is 0 Å². The second-order valence-corrected chi connectivity index (χ2v) is 7.89. The smallest absolute Gasteiger partial charge is 0.418 e. The molecule has 2 aromatic rings. The van der Waals surface area contributed by atoms with E-state index >= 15 is 0 Å². The minimum Gasteiger partial charge on any atom is -0.444 e. The zero-order valence-electron chi connectivity index (χ0n) is 15.2. The number of halogens is 4. The summed E-state index contributed by atoms with van der Waals surface area (Å²) in [5.74, 6) is 0. The fourth-order valence-corrected chi connectivity index (χ4v) is 3.35. The molecule has 0 saturated carbocycles. The van der Waals surface area contributed by atoms with Gasteiger partial charge < -0.3 is 4.74 Å². The molecule has 1 heterocycles. The molecule has 2 aromatic carbocycles. The summed E-state index contributed by atoms with van der Waals surface area (Å²) >= 11 is 5.82. The van der Waals surface area contributed by atoms with Gasteiger partial charge in [-0.2, -0.15) is 13.2 Å². The third-order valence-electron chi connectivity index (χ3n) is 4.19. The van der Waals surface area contributed by atoms with E-state index in [0.717, 1.165) is 11.1 Å². The monoisotopic (exact) mass is 397 g/mol. The molecule has 3 rings (SSSR count). The number of benzene rings is 2. The molecule has 0 spiro atoms. The summed E-state index contributed by atoms with van der Waals surface area (Å²) in [6.45, 7) is 6.00. The van der Waals surface area contributed by atoms with Gasteiger partial charge >= 0.3 is 12.3 Å². The van der Waals surface area contributed by atoms with E-state index in [-0.39, 0.29) is 10.6 Å². The van der Waals surface area contributed by atoms with E-state index in [1.54, 1.807) is 39.0 Å². The van der Waals surface area contributed by atoms with Crippen molar-refractivity contribution in [3.63, 3.8) is 0 Å². The van der Waals surface area contributed by atoms with Crippen molar-refractivity contribution in [3.05, 3.63) is 58.1 Å². The normalized spacial score (nSPS) is 14.3. The molecule has 0 N–H and O–H groups in total. The van der Waals surface area contributed by atoms with Gasteiger partial charge in [0.05, 0.1) is 10.6 Å². The molecule has 0 unspecified atom stereocenters. The average molecular weight is 398 g/mol. The highest BCUT2D eigenvalue weighted by Gasteiger charge is 2.36. The predicted octanol–water partition coefficient (Wildman–Crippen LogP) is 6.28.